The fourth-order valence-electron chi connectivity index (χ4n) is 1.82. The Bertz CT molecular complexity index is 652. The molecule has 2 aromatic rings. The van der Waals surface area contributed by atoms with Gasteiger partial charge in [0, 0.05) is 21.2 Å². The molecule has 1 nitrogen and oxygen atoms in total. The number of carbonyl (C=O) groups excluding carboxylic acids is 1. The molecule has 0 bridgehead atoms. The molecule has 0 amide bonds. The zero-order chi connectivity index (χ0) is 15.0. The molecule has 0 fully saturated rings. The maximum absolute atomic E-state index is 14.1. The number of benzene rings is 2. The third-order valence-corrected chi connectivity index (χ3v) is 3.95. The van der Waals surface area contributed by atoms with Crippen molar-refractivity contribution >= 4 is 29.0 Å². The average Bonchev–Trinajstić information content (AvgIpc) is 2.42. The summed E-state index contributed by atoms with van der Waals surface area (Å²) in [5.74, 6) is -2.22. The van der Waals surface area contributed by atoms with Gasteiger partial charge in [-0.1, -0.05) is 23.2 Å². The second-order valence-electron chi connectivity index (χ2n) is 4.40. The summed E-state index contributed by atoms with van der Waals surface area (Å²) in [7, 11) is 0. The lowest BCUT2D eigenvalue weighted by atomic mass is 9.99. The van der Waals surface area contributed by atoms with E-state index in [0.717, 1.165) is 0 Å². The zero-order valence-electron chi connectivity index (χ0n) is 10.7. The van der Waals surface area contributed by atoms with E-state index in [9.17, 15) is 13.6 Å². The third kappa shape index (κ3) is 2.43. The van der Waals surface area contributed by atoms with E-state index >= 15 is 0 Å². The standard InChI is InChI=1S/C15H10Cl2F2O/c1-7-11(16)5-3-9(13(7)18)15(20)10-4-6-12(17)8(2)14(10)19/h3-6H,1-2H3. The van der Waals surface area contributed by atoms with Gasteiger partial charge in [-0.15, -0.1) is 0 Å². The van der Waals surface area contributed by atoms with Crippen LogP contribution in [0.2, 0.25) is 10.0 Å². The van der Waals surface area contributed by atoms with E-state index in [1.807, 2.05) is 0 Å². The first kappa shape index (κ1) is 14.9. The van der Waals surface area contributed by atoms with Gasteiger partial charge >= 0.3 is 0 Å². The topological polar surface area (TPSA) is 17.1 Å². The summed E-state index contributed by atoms with van der Waals surface area (Å²) in [4.78, 5) is 12.2. The van der Waals surface area contributed by atoms with Crippen LogP contribution in [0.4, 0.5) is 8.78 Å². The van der Waals surface area contributed by atoms with Crippen molar-refractivity contribution in [1.29, 1.82) is 0 Å². The summed E-state index contributed by atoms with van der Waals surface area (Å²) in [5.41, 5.74) is -0.118. The molecule has 20 heavy (non-hydrogen) atoms. The van der Waals surface area contributed by atoms with Crippen LogP contribution in [0.3, 0.4) is 0 Å². The van der Waals surface area contributed by atoms with Crippen LogP contribution in [0.25, 0.3) is 0 Å². The summed E-state index contributed by atoms with van der Waals surface area (Å²) < 4.78 is 28.1. The Morgan fingerprint density at radius 1 is 0.850 bits per heavy atom. The molecule has 0 radical (unpaired) electrons. The van der Waals surface area contributed by atoms with Crippen molar-refractivity contribution in [2.75, 3.05) is 0 Å². The Hall–Kier alpha value is -1.45. The SMILES string of the molecule is Cc1c(Cl)ccc(C(=O)c2ccc(Cl)c(C)c2F)c1F. The first-order valence-corrected chi connectivity index (χ1v) is 6.54. The number of hydrogen-bond acceptors (Lipinski definition) is 1. The maximum atomic E-state index is 14.1. The number of carbonyl (C=O) groups is 1. The number of rotatable bonds is 2. The highest BCUT2D eigenvalue weighted by molar-refractivity contribution is 6.32. The molecule has 2 rings (SSSR count). The van der Waals surface area contributed by atoms with E-state index in [2.05, 4.69) is 0 Å². The largest absolute Gasteiger partial charge is 0.288 e. The number of hydrogen-bond donors (Lipinski definition) is 0. The van der Waals surface area contributed by atoms with E-state index in [-0.39, 0.29) is 32.3 Å². The van der Waals surface area contributed by atoms with Gasteiger partial charge in [0.05, 0.1) is 11.1 Å². The van der Waals surface area contributed by atoms with Crippen LogP contribution < -0.4 is 0 Å². The molecule has 2 aromatic carbocycles. The van der Waals surface area contributed by atoms with Crippen molar-refractivity contribution in [2.24, 2.45) is 0 Å². The molecule has 0 spiro atoms. The van der Waals surface area contributed by atoms with Gasteiger partial charge in [0.15, 0.2) is 5.78 Å². The summed E-state index contributed by atoms with van der Waals surface area (Å²) >= 11 is 11.5. The molecule has 0 saturated carbocycles. The molecular formula is C15H10Cl2F2O. The Morgan fingerprint density at radius 3 is 1.55 bits per heavy atom. The van der Waals surface area contributed by atoms with Crippen molar-refractivity contribution in [3.05, 3.63) is 68.2 Å². The van der Waals surface area contributed by atoms with Crippen molar-refractivity contribution in [1.82, 2.24) is 0 Å². The van der Waals surface area contributed by atoms with Gasteiger partial charge in [-0.2, -0.15) is 0 Å². The molecule has 104 valence electrons. The molecule has 0 unspecified atom stereocenters. The zero-order valence-corrected chi connectivity index (χ0v) is 12.2. The molecule has 0 aliphatic heterocycles. The van der Waals surface area contributed by atoms with Crippen LogP contribution in [0.1, 0.15) is 27.0 Å². The fraction of sp³-hybridized carbons (Fsp3) is 0.133. The summed E-state index contributed by atoms with van der Waals surface area (Å²) in [5, 5.41) is 0.429. The van der Waals surface area contributed by atoms with Crippen molar-refractivity contribution < 1.29 is 13.6 Å². The van der Waals surface area contributed by atoms with Crippen LogP contribution in [0.15, 0.2) is 24.3 Å². The lowest BCUT2D eigenvalue weighted by Gasteiger charge is -2.09. The van der Waals surface area contributed by atoms with Gasteiger partial charge in [-0.3, -0.25) is 4.79 Å². The first-order valence-electron chi connectivity index (χ1n) is 5.78. The Balaban J connectivity index is 2.58. The Morgan fingerprint density at radius 2 is 1.20 bits per heavy atom. The maximum Gasteiger partial charge on any atom is 0.198 e. The Kier molecular flexibility index (Phi) is 4.11. The van der Waals surface area contributed by atoms with Crippen LogP contribution >= 0.6 is 23.2 Å². The predicted molar refractivity (Wildman–Crippen MR) is 75.7 cm³/mol. The summed E-state index contributed by atoms with van der Waals surface area (Å²) in [6.45, 7) is 2.91. The normalized spacial score (nSPS) is 10.7. The van der Waals surface area contributed by atoms with Gasteiger partial charge in [-0.05, 0) is 38.1 Å². The van der Waals surface area contributed by atoms with Crippen LogP contribution in [-0.2, 0) is 0 Å². The van der Waals surface area contributed by atoms with Crippen molar-refractivity contribution in [3.63, 3.8) is 0 Å². The molecule has 0 saturated heterocycles. The smallest absolute Gasteiger partial charge is 0.198 e. The lowest BCUT2D eigenvalue weighted by Crippen LogP contribution is -2.09. The number of halogens is 4. The minimum atomic E-state index is -0.741. The average molecular weight is 315 g/mol. The summed E-state index contributed by atoms with van der Waals surface area (Å²) in [6, 6.07) is 5.31. The van der Waals surface area contributed by atoms with Gasteiger partial charge in [0.1, 0.15) is 11.6 Å². The molecular weight excluding hydrogens is 305 g/mol. The van der Waals surface area contributed by atoms with Crippen LogP contribution in [0.5, 0.6) is 0 Å². The van der Waals surface area contributed by atoms with Crippen molar-refractivity contribution in [2.45, 2.75) is 13.8 Å². The minimum absolute atomic E-state index is 0.156. The molecule has 0 aromatic heterocycles. The Labute approximate surface area is 125 Å². The minimum Gasteiger partial charge on any atom is -0.288 e. The van der Waals surface area contributed by atoms with E-state index in [1.165, 1.54) is 38.1 Å². The lowest BCUT2D eigenvalue weighted by molar-refractivity contribution is 0.103. The molecule has 0 N–H and O–H groups in total. The first-order chi connectivity index (χ1) is 9.34. The van der Waals surface area contributed by atoms with Crippen LogP contribution in [0, 0.1) is 25.5 Å². The molecule has 0 aliphatic carbocycles. The second-order valence-corrected chi connectivity index (χ2v) is 5.21. The van der Waals surface area contributed by atoms with E-state index < -0.39 is 17.4 Å². The van der Waals surface area contributed by atoms with Crippen molar-refractivity contribution in [3.8, 4) is 0 Å². The second kappa shape index (κ2) is 5.51. The number of ketones is 1. The highest BCUT2D eigenvalue weighted by Gasteiger charge is 2.21. The molecule has 5 heteroatoms. The highest BCUT2D eigenvalue weighted by Crippen LogP contribution is 2.26. The van der Waals surface area contributed by atoms with Gasteiger partial charge in [-0.25, -0.2) is 8.78 Å². The summed E-state index contributed by atoms with van der Waals surface area (Å²) in [6.07, 6.45) is 0. The molecule has 0 aliphatic rings. The quantitative estimate of drug-likeness (QED) is 0.703. The van der Waals surface area contributed by atoms with E-state index in [1.54, 1.807) is 0 Å². The monoisotopic (exact) mass is 314 g/mol. The van der Waals surface area contributed by atoms with Gasteiger partial charge in [0.25, 0.3) is 0 Å². The fourth-order valence-corrected chi connectivity index (χ4v) is 2.11. The van der Waals surface area contributed by atoms with Gasteiger partial charge in [0.2, 0.25) is 0 Å². The highest BCUT2D eigenvalue weighted by atomic mass is 35.5. The van der Waals surface area contributed by atoms with E-state index in [4.69, 9.17) is 23.2 Å². The third-order valence-electron chi connectivity index (χ3n) is 3.13. The van der Waals surface area contributed by atoms with Crippen LogP contribution in [-0.4, -0.2) is 5.78 Å². The molecule has 0 heterocycles. The van der Waals surface area contributed by atoms with E-state index in [0.29, 0.717) is 0 Å². The predicted octanol–water partition coefficient (Wildman–Crippen LogP) is 5.12. The molecule has 0 atom stereocenters. The van der Waals surface area contributed by atoms with Gasteiger partial charge < -0.3 is 0 Å².